The molecule has 7 nitrogen and oxygen atoms in total. The Kier molecular flexibility index (Phi) is 4.07. The van der Waals surface area contributed by atoms with E-state index in [1.54, 1.807) is 19.2 Å². The molecule has 0 aliphatic carbocycles. The molecule has 1 heterocycles. The van der Waals surface area contributed by atoms with Crippen LogP contribution in [0.2, 0.25) is 0 Å². The number of nitrogens with one attached hydrogen (secondary N) is 2. The monoisotopic (exact) mass is 325 g/mol. The number of phenols is 2. The van der Waals surface area contributed by atoms with Crippen LogP contribution in [0.15, 0.2) is 47.6 Å². The number of amides is 1. The second kappa shape index (κ2) is 6.33. The lowest BCUT2D eigenvalue weighted by atomic mass is 10.2. The molecule has 0 radical (unpaired) electrons. The van der Waals surface area contributed by atoms with Gasteiger partial charge in [-0.3, -0.25) is 4.79 Å². The van der Waals surface area contributed by atoms with Gasteiger partial charge in [0, 0.05) is 28.6 Å². The fourth-order valence-electron chi connectivity index (χ4n) is 2.22. The molecule has 122 valence electrons. The summed E-state index contributed by atoms with van der Waals surface area (Å²) in [4.78, 5) is 15.1. The molecule has 0 saturated heterocycles. The van der Waals surface area contributed by atoms with Crippen molar-refractivity contribution in [3.05, 3.63) is 53.7 Å². The van der Waals surface area contributed by atoms with E-state index in [0.29, 0.717) is 17.0 Å². The normalized spacial score (nSPS) is 11.0. The maximum absolute atomic E-state index is 12.1. The predicted octanol–water partition coefficient (Wildman–Crippen LogP) is 2.35. The number of carbonyl (C=O) groups is 1. The zero-order chi connectivity index (χ0) is 17.1. The number of aromatic hydroxyl groups is 2. The standard InChI is InChI=1S/C17H15N3O4/c1-24-13-5-3-10-6-15(19-14(10)8-13)17(23)20-18-9-11-2-4-12(21)7-16(11)22/h2-9,19,21-22H,1H3,(H,20,23)/b18-9+. The lowest BCUT2D eigenvalue weighted by molar-refractivity contribution is 0.0951. The Balaban J connectivity index is 1.73. The minimum Gasteiger partial charge on any atom is -0.508 e. The van der Waals surface area contributed by atoms with Crippen LogP contribution in [0, 0.1) is 0 Å². The van der Waals surface area contributed by atoms with Crippen molar-refractivity contribution in [1.29, 1.82) is 0 Å². The van der Waals surface area contributed by atoms with Crippen molar-refractivity contribution in [2.75, 3.05) is 7.11 Å². The molecule has 24 heavy (non-hydrogen) atoms. The molecule has 3 aromatic rings. The van der Waals surface area contributed by atoms with Crippen LogP contribution in [0.25, 0.3) is 10.9 Å². The Bertz CT molecular complexity index is 931. The molecule has 2 aromatic carbocycles. The number of H-pyrrole nitrogens is 1. The third-order valence-corrected chi connectivity index (χ3v) is 3.46. The number of hydrazone groups is 1. The average molecular weight is 325 g/mol. The summed E-state index contributed by atoms with van der Waals surface area (Å²) in [6.45, 7) is 0. The van der Waals surface area contributed by atoms with Crippen molar-refractivity contribution >= 4 is 23.0 Å². The van der Waals surface area contributed by atoms with Crippen LogP contribution in [-0.4, -0.2) is 34.4 Å². The van der Waals surface area contributed by atoms with E-state index in [2.05, 4.69) is 15.5 Å². The second-order valence-corrected chi connectivity index (χ2v) is 5.08. The third kappa shape index (κ3) is 3.14. The average Bonchev–Trinajstić information content (AvgIpc) is 2.99. The van der Waals surface area contributed by atoms with Crippen molar-refractivity contribution in [3.63, 3.8) is 0 Å². The molecule has 0 aliphatic rings. The van der Waals surface area contributed by atoms with Crippen LogP contribution in [0.3, 0.4) is 0 Å². The number of phenolic OH excluding ortho intramolecular Hbond substituents is 2. The quantitative estimate of drug-likeness (QED) is 0.436. The Morgan fingerprint density at radius 1 is 1.21 bits per heavy atom. The third-order valence-electron chi connectivity index (χ3n) is 3.46. The zero-order valence-corrected chi connectivity index (χ0v) is 12.8. The van der Waals surface area contributed by atoms with Gasteiger partial charge in [0.1, 0.15) is 22.9 Å². The molecule has 0 unspecified atom stereocenters. The summed E-state index contributed by atoms with van der Waals surface area (Å²) in [5.74, 6) is 0.0877. The number of hydrogen-bond donors (Lipinski definition) is 4. The Morgan fingerprint density at radius 3 is 2.79 bits per heavy atom. The zero-order valence-electron chi connectivity index (χ0n) is 12.8. The van der Waals surface area contributed by atoms with Gasteiger partial charge in [-0.25, -0.2) is 5.43 Å². The van der Waals surface area contributed by atoms with Crippen LogP contribution in [0.1, 0.15) is 16.1 Å². The molecule has 0 aliphatic heterocycles. The fraction of sp³-hybridized carbons (Fsp3) is 0.0588. The highest BCUT2D eigenvalue weighted by Crippen LogP contribution is 2.22. The highest BCUT2D eigenvalue weighted by atomic mass is 16.5. The van der Waals surface area contributed by atoms with Crippen LogP contribution < -0.4 is 10.2 Å². The summed E-state index contributed by atoms with van der Waals surface area (Å²) in [6, 6.07) is 11.2. The van der Waals surface area contributed by atoms with Crippen LogP contribution in [-0.2, 0) is 0 Å². The first-order chi connectivity index (χ1) is 11.6. The molecule has 4 N–H and O–H groups in total. The number of aromatic amines is 1. The summed E-state index contributed by atoms with van der Waals surface area (Å²) in [7, 11) is 1.57. The Labute approximate surface area is 137 Å². The first-order valence-electron chi connectivity index (χ1n) is 7.09. The Hall–Kier alpha value is -3.48. The van der Waals surface area contributed by atoms with E-state index >= 15 is 0 Å². The summed E-state index contributed by atoms with van der Waals surface area (Å²) in [5, 5.41) is 23.5. The van der Waals surface area contributed by atoms with Crippen molar-refractivity contribution in [2.45, 2.75) is 0 Å². The van der Waals surface area contributed by atoms with Crippen LogP contribution >= 0.6 is 0 Å². The molecule has 1 aromatic heterocycles. The number of methoxy groups -OCH3 is 1. The van der Waals surface area contributed by atoms with E-state index in [4.69, 9.17) is 4.74 Å². The molecule has 1 amide bonds. The maximum Gasteiger partial charge on any atom is 0.287 e. The van der Waals surface area contributed by atoms with Gasteiger partial charge in [-0.15, -0.1) is 0 Å². The first-order valence-corrected chi connectivity index (χ1v) is 7.09. The smallest absolute Gasteiger partial charge is 0.287 e. The van der Waals surface area contributed by atoms with E-state index < -0.39 is 5.91 Å². The topological polar surface area (TPSA) is 107 Å². The van der Waals surface area contributed by atoms with Gasteiger partial charge in [-0.05, 0) is 30.3 Å². The van der Waals surface area contributed by atoms with Gasteiger partial charge < -0.3 is 19.9 Å². The van der Waals surface area contributed by atoms with E-state index in [0.717, 1.165) is 10.9 Å². The number of rotatable bonds is 4. The predicted molar refractivity (Wildman–Crippen MR) is 89.7 cm³/mol. The minimum absolute atomic E-state index is 0.0535. The highest BCUT2D eigenvalue weighted by Gasteiger charge is 2.09. The SMILES string of the molecule is COc1ccc2cc(C(=O)N/N=C/c3ccc(O)cc3O)[nH]c2c1. The van der Waals surface area contributed by atoms with Crippen molar-refractivity contribution in [1.82, 2.24) is 10.4 Å². The van der Waals surface area contributed by atoms with Gasteiger partial charge >= 0.3 is 0 Å². The van der Waals surface area contributed by atoms with Gasteiger partial charge in [0.25, 0.3) is 5.91 Å². The van der Waals surface area contributed by atoms with E-state index in [-0.39, 0.29) is 11.5 Å². The van der Waals surface area contributed by atoms with Crippen molar-refractivity contribution < 1.29 is 19.7 Å². The molecule has 0 saturated carbocycles. The molecular formula is C17H15N3O4. The van der Waals surface area contributed by atoms with Crippen molar-refractivity contribution in [2.24, 2.45) is 5.10 Å². The van der Waals surface area contributed by atoms with Gasteiger partial charge in [-0.2, -0.15) is 5.10 Å². The fourth-order valence-corrected chi connectivity index (χ4v) is 2.22. The number of ether oxygens (including phenoxy) is 1. The highest BCUT2D eigenvalue weighted by molar-refractivity contribution is 5.98. The Morgan fingerprint density at radius 2 is 2.04 bits per heavy atom. The molecule has 0 atom stereocenters. The first kappa shape index (κ1) is 15.4. The summed E-state index contributed by atoms with van der Waals surface area (Å²) >= 11 is 0. The lowest BCUT2D eigenvalue weighted by Crippen LogP contribution is -2.17. The number of benzene rings is 2. The van der Waals surface area contributed by atoms with Gasteiger partial charge in [0.05, 0.1) is 13.3 Å². The van der Waals surface area contributed by atoms with Crippen molar-refractivity contribution in [3.8, 4) is 17.2 Å². The summed E-state index contributed by atoms with van der Waals surface area (Å²) in [5.41, 5.74) is 3.87. The van der Waals surface area contributed by atoms with Crippen LogP contribution in [0.4, 0.5) is 0 Å². The number of fused-ring (bicyclic) bond motifs is 1. The number of nitrogens with zero attached hydrogens (tertiary/aromatic N) is 1. The molecule has 0 fully saturated rings. The number of aromatic nitrogens is 1. The molecule has 7 heteroatoms. The second-order valence-electron chi connectivity index (χ2n) is 5.08. The van der Waals surface area contributed by atoms with E-state index in [1.807, 2.05) is 12.1 Å². The van der Waals surface area contributed by atoms with Crippen LogP contribution in [0.5, 0.6) is 17.2 Å². The molecule has 0 spiro atoms. The summed E-state index contributed by atoms with van der Waals surface area (Å²) in [6.07, 6.45) is 1.29. The molecule has 3 rings (SSSR count). The van der Waals surface area contributed by atoms with Gasteiger partial charge in [0.15, 0.2) is 0 Å². The molecular weight excluding hydrogens is 310 g/mol. The molecule has 0 bridgehead atoms. The van der Waals surface area contributed by atoms with Gasteiger partial charge in [0.2, 0.25) is 0 Å². The lowest BCUT2D eigenvalue weighted by Gasteiger charge is -2.00. The van der Waals surface area contributed by atoms with E-state index in [1.165, 1.54) is 24.4 Å². The van der Waals surface area contributed by atoms with Gasteiger partial charge in [-0.1, -0.05) is 0 Å². The maximum atomic E-state index is 12.1. The minimum atomic E-state index is -0.417. The number of hydrogen-bond acceptors (Lipinski definition) is 5. The summed E-state index contributed by atoms with van der Waals surface area (Å²) < 4.78 is 5.14. The number of carbonyl (C=O) groups excluding carboxylic acids is 1. The van der Waals surface area contributed by atoms with E-state index in [9.17, 15) is 15.0 Å². The largest absolute Gasteiger partial charge is 0.508 e.